The van der Waals surface area contributed by atoms with Crippen molar-refractivity contribution in [1.82, 2.24) is 14.3 Å². The van der Waals surface area contributed by atoms with Gasteiger partial charge in [-0.1, -0.05) is 30.0 Å². The molecule has 2 aromatic rings. The monoisotopic (exact) mass is 466 g/mol. The van der Waals surface area contributed by atoms with Crippen molar-refractivity contribution in [3.05, 3.63) is 45.2 Å². The van der Waals surface area contributed by atoms with E-state index >= 15 is 0 Å². The van der Waals surface area contributed by atoms with Crippen molar-refractivity contribution in [3.8, 4) is 0 Å². The van der Waals surface area contributed by atoms with Gasteiger partial charge in [0.1, 0.15) is 15.8 Å². The van der Waals surface area contributed by atoms with Crippen molar-refractivity contribution in [1.29, 1.82) is 0 Å². The molecule has 2 fully saturated rings. The highest BCUT2D eigenvalue weighted by molar-refractivity contribution is 8.26. The first-order valence-corrected chi connectivity index (χ1v) is 12.2. The van der Waals surface area contributed by atoms with E-state index in [0.29, 0.717) is 12.1 Å². The summed E-state index contributed by atoms with van der Waals surface area (Å²) < 4.78 is 25.3. The molecule has 1 unspecified atom stereocenters. The van der Waals surface area contributed by atoms with Crippen LogP contribution >= 0.6 is 24.0 Å². The van der Waals surface area contributed by atoms with Gasteiger partial charge >= 0.3 is 0 Å². The SMILES string of the molecule is O=C1C(=Cc2c(NCCO)nc3ccccn3c2=O)SC(=S)N1C1CCS(=O)(=O)C1. The fourth-order valence-corrected chi connectivity index (χ4v) is 6.53. The zero-order valence-electron chi connectivity index (χ0n) is 15.6. The fraction of sp³-hybridized carbons (Fsp3) is 0.333. The van der Waals surface area contributed by atoms with Crippen LogP contribution in [0.5, 0.6) is 0 Å². The first-order chi connectivity index (χ1) is 14.3. The van der Waals surface area contributed by atoms with Gasteiger partial charge in [0, 0.05) is 12.7 Å². The van der Waals surface area contributed by atoms with Gasteiger partial charge in [0.25, 0.3) is 11.5 Å². The molecule has 0 aromatic carbocycles. The minimum atomic E-state index is -3.18. The Labute approximate surface area is 181 Å². The van der Waals surface area contributed by atoms with Crippen LogP contribution in [-0.4, -0.2) is 68.7 Å². The van der Waals surface area contributed by atoms with Crippen molar-refractivity contribution in [3.63, 3.8) is 0 Å². The summed E-state index contributed by atoms with van der Waals surface area (Å²) in [6, 6.07) is 4.63. The Morgan fingerprint density at radius 1 is 1.37 bits per heavy atom. The molecule has 0 saturated carbocycles. The number of anilines is 1. The summed E-state index contributed by atoms with van der Waals surface area (Å²) in [6.45, 7) is 0.0186. The summed E-state index contributed by atoms with van der Waals surface area (Å²) in [4.78, 5) is 32.0. The topological polar surface area (TPSA) is 121 Å². The number of hydrogen-bond donors (Lipinski definition) is 2. The van der Waals surface area contributed by atoms with Crippen LogP contribution < -0.4 is 10.9 Å². The highest BCUT2D eigenvalue weighted by atomic mass is 32.2. The summed E-state index contributed by atoms with van der Waals surface area (Å²) in [6.07, 6.45) is 3.34. The van der Waals surface area contributed by atoms with Gasteiger partial charge in [-0.15, -0.1) is 0 Å². The van der Waals surface area contributed by atoms with E-state index in [2.05, 4.69) is 10.3 Å². The molecule has 1 atom stereocenters. The summed E-state index contributed by atoms with van der Waals surface area (Å²) >= 11 is 6.35. The van der Waals surface area contributed by atoms with Crippen LogP contribution in [0.1, 0.15) is 12.0 Å². The van der Waals surface area contributed by atoms with E-state index in [1.807, 2.05) is 0 Å². The molecular weight excluding hydrogens is 448 g/mol. The third kappa shape index (κ3) is 3.87. The van der Waals surface area contributed by atoms with Gasteiger partial charge in [-0.25, -0.2) is 13.4 Å². The Hall–Kier alpha value is -2.28. The molecule has 2 aliphatic rings. The first kappa shape index (κ1) is 21.0. The van der Waals surface area contributed by atoms with E-state index in [9.17, 15) is 18.0 Å². The largest absolute Gasteiger partial charge is 0.395 e. The predicted octanol–water partition coefficient (Wildman–Crippen LogP) is 0.487. The number of aliphatic hydroxyl groups is 1. The summed E-state index contributed by atoms with van der Waals surface area (Å²) in [5, 5.41) is 12.0. The molecule has 0 spiro atoms. The van der Waals surface area contributed by atoms with Gasteiger partial charge in [-0.3, -0.25) is 18.9 Å². The van der Waals surface area contributed by atoms with Crippen LogP contribution in [0.15, 0.2) is 34.1 Å². The number of thioether (sulfide) groups is 1. The molecule has 12 heteroatoms. The van der Waals surface area contributed by atoms with Crippen molar-refractivity contribution in [2.75, 3.05) is 30.0 Å². The van der Waals surface area contributed by atoms with Crippen LogP contribution in [0, 0.1) is 0 Å². The Kier molecular flexibility index (Phi) is 5.66. The van der Waals surface area contributed by atoms with Gasteiger partial charge in [-0.2, -0.15) is 0 Å². The van der Waals surface area contributed by atoms with Gasteiger partial charge in [0.05, 0.1) is 34.6 Å². The van der Waals surface area contributed by atoms with Crippen molar-refractivity contribution >= 4 is 61.6 Å². The van der Waals surface area contributed by atoms with E-state index in [-0.39, 0.29) is 50.8 Å². The smallest absolute Gasteiger partial charge is 0.267 e. The maximum atomic E-state index is 13.0. The normalized spacial score (nSPS) is 22.4. The molecule has 2 aliphatic heterocycles. The Balaban J connectivity index is 1.75. The number of nitrogens with zero attached hydrogens (tertiary/aromatic N) is 3. The molecule has 1 amide bonds. The Bertz CT molecular complexity index is 1240. The minimum Gasteiger partial charge on any atom is -0.395 e. The third-order valence-corrected chi connectivity index (χ3v) is 7.93. The molecule has 4 heterocycles. The molecule has 0 bridgehead atoms. The molecule has 0 aliphatic carbocycles. The predicted molar refractivity (Wildman–Crippen MR) is 119 cm³/mol. The molecule has 158 valence electrons. The van der Waals surface area contributed by atoms with Crippen molar-refractivity contribution in [2.24, 2.45) is 0 Å². The molecule has 0 radical (unpaired) electrons. The number of pyridine rings is 1. The average Bonchev–Trinajstić information content (AvgIpc) is 3.20. The lowest BCUT2D eigenvalue weighted by molar-refractivity contribution is -0.123. The van der Waals surface area contributed by atoms with E-state index < -0.39 is 21.8 Å². The second-order valence-electron chi connectivity index (χ2n) is 6.87. The molecule has 2 N–H and O–H groups in total. The van der Waals surface area contributed by atoms with E-state index in [4.69, 9.17) is 17.3 Å². The second kappa shape index (κ2) is 8.10. The van der Waals surface area contributed by atoms with Crippen LogP contribution in [-0.2, 0) is 14.6 Å². The van der Waals surface area contributed by atoms with Gasteiger partial charge < -0.3 is 10.4 Å². The Morgan fingerprint density at radius 2 is 2.17 bits per heavy atom. The molecule has 30 heavy (non-hydrogen) atoms. The lowest BCUT2D eigenvalue weighted by Gasteiger charge is -2.20. The number of hydrogen-bond acceptors (Lipinski definition) is 9. The first-order valence-electron chi connectivity index (χ1n) is 9.14. The van der Waals surface area contributed by atoms with Crippen molar-refractivity contribution in [2.45, 2.75) is 12.5 Å². The van der Waals surface area contributed by atoms with Gasteiger partial charge in [0.2, 0.25) is 0 Å². The van der Waals surface area contributed by atoms with E-state index in [1.54, 1.807) is 24.4 Å². The standard InChI is InChI=1S/C18H18N4O5S3/c23-7-5-19-15-12(16(24)21-6-2-1-3-14(21)20-15)9-13-17(25)22(18(28)29-13)11-4-8-30(26,27)10-11/h1-3,6,9,11,19,23H,4-5,7-8,10H2. The lowest BCUT2D eigenvalue weighted by atomic mass is 10.2. The van der Waals surface area contributed by atoms with E-state index in [0.717, 1.165) is 11.8 Å². The van der Waals surface area contributed by atoms with Gasteiger partial charge in [0.15, 0.2) is 9.84 Å². The number of fused-ring (bicyclic) bond motifs is 1. The number of rotatable bonds is 5. The molecule has 9 nitrogen and oxygen atoms in total. The number of amides is 1. The molecule has 2 saturated heterocycles. The number of thiocarbonyl (C=S) groups is 1. The van der Waals surface area contributed by atoms with Gasteiger partial charge in [-0.05, 0) is 24.6 Å². The van der Waals surface area contributed by atoms with Crippen molar-refractivity contribution < 1.29 is 18.3 Å². The fourth-order valence-electron chi connectivity index (χ4n) is 3.45. The maximum Gasteiger partial charge on any atom is 0.267 e. The third-order valence-electron chi connectivity index (χ3n) is 4.85. The number of carbonyl (C=O) groups excluding carboxylic acids is 1. The van der Waals surface area contributed by atoms with Crippen LogP contribution in [0.25, 0.3) is 11.7 Å². The zero-order chi connectivity index (χ0) is 21.5. The number of aliphatic hydroxyl groups excluding tert-OH is 1. The zero-order valence-corrected chi connectivity index (χ0v) is 18.1. The van der Waals surface area contributed by atoms with E-state index in [1.165, 1.54) is 15.4 Å². The van der Waals surface area contributed by atoms with Crippen LogP contribution in [0.3, 0.4) is 0 Å². The number of nitrogens with one attached hydrogen (secondary N) is 1. The number of aromatic nitrogens is 2. The summed E-state index contributed by atoms with van der Waals surface area (Å²) in [5.74, 6) is -0.262. The van der Waals surface area contributed by atoms with Crippen LogP contribution in [0.4, 0.5) is 5.82 Å². The summed E-state index contributed by atoms with van der Waals surface area (Å²) in [5.41, 5.74) is 0.199. The maximum absolute atomic E-state index is 13.0. The highest BCUT2D eigenvalue weighted by Gasteiger charge is 2.42. The summed E-state index contributed by atoms with van der Waals surface area (Å²) in [7, 11) is -3.18. The quantitative estimate of drug-likeness (QED) is 0.479. The molecular formula is C18H18N4O5S3. The number of carbonyl (C=O) groups is 1. The number of sulfone groups is 1. The Morgan fingerprint density at radius 3 is 2.87 bits per heavy atom. The minimum absolute atomic E-state index is 0.0267. The lowest BCUT2D eigenvalue weighted by Crippen LogP contribution is -2.39. The van der Waals surface area contributed by atoms with Crippen LogP contribution in [0.2, 0.25) is 0 Å². The average molecular weight is 467 g/mol. The highest BCUT2D eigenvalue weighted by Crippen LogP contribution is 2.36. The molecule has 2 aromatic heterocycles. The molecule has 4 rings (SSSR count). The second-order valence-corrected chi connectivity index (χ2v) is 10.8.